The lowest BCUT2D eigenvalue weighted by molar-refractivity contribution is -0.113. The Morgan fingerprint density at radius 3 is 2.27 bits per heavy atom. The second kappa shape index (κ2) is 10.5. The summed E-state index contributed by atoms with van der Waals surface area (Å²) in [5.41, 5.74) is 2.65. The van der Waals surface area contributed by atoms with Gasteiger partial charge in [-0.2, -0.15) is 0 Å². The van der Waals surface area contributed by atoms with E-state index in [9.17, 15) is 9.59 Å². The first kappa shape index (κ1) is 22.1. The third-order valence-corrected chi connectivity index (χ3v) is 5.45. The average Bonchev–Trinajstić information content (AvgIpc) is 3.33. The van der Waals surface area contributed by atoms with E-state index in [1.165, 1.54) is 11.8 Å². The number of aromatic nitrogens is 3. The second-order valence-corrected chi connectivity index (χ2v) is 7.85. The van der Waals surface area contributed by atoms with E-state index in [0.29, 0.717) is 27.8 Å². The van der Waals surface area contributed by atoms with Crippen LogP contribution >= 0.6 is 11.8 Å². The van der Waals surface area contributed by atoms with E-state index in [4.69, 9.17) is 4.74 Å². The van der Waals surface area contributed by atoms with E-state index in [0.717, 1.165) is 5.69 Å². The van der Waals surface area contributed by atoms with Gasteiger partial charge in [0.15, 0.2) is 0 Å². The zero-order chi connectivity index (χ0) is 23.0. The number of hydrogen-bond acceptors (Lipinski definition) is 6. The highest BCUT2D eigenvalue weighted by Gasteiger charge is 2.10. The van der Waals surface area contributed by atoms with E-state index in [-0.39, 0.29) is 17.6 Å². The van der Waals surface area contributed by atoms with Crippen molar-refractivity contribution < 1.29 is 14.3 Å². The number of ether oxygens (including phenoxy) is 1. The number of anilines is 2. The van der Waals surface area contributed by atoms with Crippen molar-refractivity contribution in [3.8, 4) is 11.4 Å². The van der Waals surface area contributed by atoms with Gasteiger partial charge in [-0.1, -0.05) is 30.0 Å². The lowest BCUT2D eigenvalue weighted by atomic mass is 10.2. The van der Waals surface area contributed by atoms with E-state index in [1.807, 2.05) is 30.3 Å². The van der Waals surface area contributed by atoms with Crippen LogP contribution < -0.4 is 15.4 Å². The molecule has 8 nitrogen and oxygen atoms in total. The standard InChI is InChI=1S/C24H21N5O3S/c1-32-21-13-11-19(12-14-21)27-23(31)17-7-9-18(10-8-17)26-22(30)15-33-24-25-16-29(28-24)20-5-3-2-4-6-20/h2-14,16H,15H2,1H3,(H,26,30)(H,27,31). The molecule has 0 bridgehead atoms. The predicted molar refractivity (Wildman–Crippen MR) is 128 cm³/mol. The highest BCUT2D eigenvalue weighted by molar-refractivity contribution is 7.99. The molecule has 3 aromatic carbocycles. The van der Waals surface area contributed by atoms with Crippen LogP contribution in [0, 0.1) is 0 Å². The summed E-state index contributed by atoms with van der Waals surface area (Å²) in [5.74, 6) is 0.449. The van der Waals surface area contributed by atoms with E-state index in [2.05, 4.69) is 20.7 Å². The summed E-state index contributed by atoms with van der Waals surface area (Å²) in [6, 6.07) is 23.4. The molecule has 166 valence electrons. The van der Waals surface area contributed by atoms with Crippen LogP contribution in [0.15, 0.2) is 90.3 Å². The van der Waals surface area contributed by atoms with Crippen molar-refractivity contribution >= 4 is 35.0 Å². The third kappa shape index (κ3) is 5.98. The molecule has 4 aromatic rings. The number of thioether (sulfide) groups is 1. The van der Waals surface area contributed by atoms with Gasteiger partial charge in [-0.25, -0.2) is 9.67 Å². The maximum absolute atomic E-state index is 12.4. The first-order chi connectivity index (χ1) is 16.1. The number of carbonyl (C=O) groups is 2. The third-order valence-electron chi connectivity index (χ3n) is 4.60. The normalized spacial score (nSPS) is 10.5. The Morgan fingerprint density at radius 1 is 0.909 bits per heavy atom. The molecule has 9 heteroatoms. The molecular formula is C24H21N5O3S. The van der Waals surface area contributed by atoms with Crippen LogP contribution in [0.3, 0.4) is 0 Å². The highest BCUT2D eigenvalue weighted by atomic mass is 32.2. The summed E-state index contributed by atoms with van der Waals surface area (Å²) in [4.78, 5) is 28.9. The Kier molecular flexibility index (Phi) is 7.01. The minimum absolute atomic E-state index is 0.165. The molecule has 0 aliphatic heterocycles. The number of hydrogen-bond donors (Lipinski definition) is 2. The smallest absolute Gasteiger partial charge is 0.255 e. The van der Waals surface area contributed by atoms with Crippen molar-refractivity contribution in [3.05, 3.63) is 90.8 Å². The number of para-hydroxylation sites is 1. The Hall–Kier alpha value is -4.11. The summed E-state index contributed by atoms with van der Waals surface area (Å²) >= 11 is 1.25. The predicted octanol–water partition coefficient (Wildman–Crippen LogP) is 4.26. The van der Waals surface area contributed by atoms with Gasteiger partial charge < -0.3 is 15.4 Å². The first-order valence-corrected chi connectivity index (χ1v) is 11.0. The van der Waals surface area contributed by atoms with Gasteiger partial charge in [0.1, 0.15) is 12.1 Å². The van der Waals surface area contributed by atoms with Gasteiger partial charge in [0, 0.05) is 16.9 Å². The number of carbonyl (C=O) groups excluding carboxylic acids is 2. The summed E-state index contributed by atoms with van der Waals surface area (Å²) in [6.45, 7) is 0. The number of benzene rings is 3. The zero-order valence-corrected chi connectivity index (χ0v) is 18.6. The minimum atomic E-state index is -0.242. The van der Waals surface area contributed by atoms with E-state index in [1.54, 1.807) is 66.6 Å². The van der Waals surface area contributed by atoms with Crippen molar-refractivity contribution in [2.45, 2.75) is 5.16 Å². The number of nitrogens with zero attached hydrogens (tertiary/aromatic N) is 3. The fourth-order valence-electron chi connectivity index (χ4n) is 2.93. The monoisotopic (exact) mass is 459 g/mol. The van der Waals surface area contributed by atoms with Crippen LogP contribution in [-0.4, -0.2) is 39.4 Å². The van der Waals surface area contributed by atoms with Gasteiger partial charge >= 0.3 is 0 Å². The van der Waals surface area contributed by atoms with Gasteiger partial charge in [-0.15, -0.1) is 5.10 Å². The summed E-state index contributed by atoms with van der Waals surface area (Å²) in [6.07, 6.45) is 1.62. The molecule has 1 aromatic heterocycles. The molecular weight excluding hydrogens is 438 g/mol. The fourth-order valence-corrected chi connectivity index (χ4v) is 3.53. The molecule has 0 aliphatic rings. The lowest BCUT2D eigenvalue weighted by Crippen LogP contribution is -2.15. The second-order valence-electron chi connectivity index (χ2n) is 6.90. The maximum Gasteiger partial charge on any atom is 0.255 e. The van der Waals surface area contributed by atoms with Crippen LogP contribution in [0.25, 0.3) is 5.69 Å². The Balaban J connectivity index is 1.27. The molecule has 2 amide bonds. The first-order valence-electron chi connectivity index (χ1n) is 10.1. The Morgan fingerprint density at radius 2 is 1.58 bits per heavy atom. The summed E-state index contributed by atoms with van der Waals surface area (Å²) < 4.78 is 6.77. The fraction of sp³-hybridized carbons (Fsp3) is 0.0833. The Bertz CT molecular complexity index is 1230. The summed E-state index contributed by atoms with van der Waals surface area (Å²) in [7, 11) is 1.59. The van der Waals surface area contributed by atoms with Crippen LogP contribution in [0.2, 0.25) is 0 Å². The van der Waals surface area contributed by atoms with Crippen molar-refractivity contribution in [3.63, 3.8) is 0 Å². The molecule has 4 rings (SSSR count). The molecule has 1 heterocycles. The Labute approximate surface area is 195 Å². The van der Waals surface area contributed by atoms with E-state index >= 15 is 0 Å². The quantitative estimate of drug-likeness (QED) is 0.382. The largest absolute Gasteiger partial charge is 0.497 e. The molecule has 0 atom stereocenters. The highest BCUT2D eigenvalue weighted by Crippen LogP contribution is 2.18. The molecule has 0 aliphatic carbocycles. The average molecular weight is 460 g/mol. The molecule has 33 heavy (non-hydrogen) atoms. The molecule has 0 unspecified atom stereocenters. The van der Waals surface area contributed by atoms with Gasteiger partial charge in [-0.05, 0) is 60.7 Å². The van der Waals surface area contributed by atoms with Crippen LogP contribution in [0.1, 0.15) is 10.4 Å². The van der Waals surface area contributed by atoms with Gasteiger partial charge in [0.2, 0.25) is 11.1 Å². The van der Waals surface area contributed by atoms with Gasteiger partial charge in [0.05, 0.1) is 18.6 Å². The number of amides is 2. The van der Waals surface area contributed by atoms with Crippen molar-refractivity contribution in [1.29, 1.82) is 0 Å². The molecule has 0 radical (unpaired) electrons. The van der Waals surface area contributed by atoms with Gasteiger partial charge in [0.25, 0.3) is 5.91 Å². The van der Waals surface area contributed by atoms with Crippen molar-refractivity contribution in [1.82, 2.24) is 14.8 Å². The van der Waals surface area contributed by atoms with Gasteiger partial charge in [-0.3, -0.25) is 9.59 Å². The van der Waals surface area contributed by atoms with Crippen LogP contribution in [0.5, 0.6) is 5.75 Å². The molecule has 0 spiro atoms. The van der Waals surface area contributed by atoms with Crippen molar-refractivity contribution in [2.75, 3.05) is 23.5 Å². The SMILES string of the molecule is COc1ccc(NC(=O)c2ccc(NC(=O)CSc3ncn(-c4ccccc4)n3)cc2)cc1. The lowest BCUT2D eigenvalue weighted by Gasteiger charge is -2.08. The molecule has 0 saturated heterocycles. The van der Waals surface area contributed by atoms with Crippen LogP contribution in [0.4, 0.5) is 11.4 Å². The van der Waals surface area contributed by atoms with Crippen molar-refractivity contribution in [2.24, 2.45) is 0 Å². The van der Waals surface area contributed by atoms with Crippen LogP contribution in [-0.2, 0) is 4.79 Å². The molecule has 0 fully saturated rings. The number of nitrogens with one attached hydrogen (secondary N) is 2. The zero-order valence-electron chi connectivity index (χ0n) is 17.8. The number of methoxy groups -OCH3 is 1. The topological polar surface area (TPSA) is 98.1 Å². The molecule has 2 N–H and O–H groups in total. The maximum atomic E-state index is 12.4. The summed E-state index contributed by atoms with van der Waals surface area (Å²) in [5, 5.41) is 10.5. The number of rotatable bonds is 8. The van der Waals surface area contributed by atoms with E-state index < -0.39 is 0 Å². The molecule has 0 saturated carbocycles. The minimum Gasteiger partial charge on any atom is -0.497 e.